The van der Waals surface area contributed by atoms with E-state index in [1.54, 1.807) is 18.4 Å². The fourth-order valence-corrected chi connectivity index (χ4v) is 2.41. The topological polar surface area (TPSA) is 83.5 Å². The van der Waals surface area contributed by atoms with E-state index in [1.807, 2.05) is 12.1 Å². The Balaban J connectivity index is 2.41. The number of carbonyl (C=O) groups excluding carboxylic acids is 1. The van der Waals surface area contributed by atoms with Crippen molar-refractivity contribution < 1.29 is 18.9 Å². The predicted octanol–water partition coefficient (Wildman–Crippen LogP) is 2.15. The average molecular weight is 297 g/mol. The number of carboxylic acid groups (broad SMARTS) is 1. The third kappa shape index (κ3) is 7.04. The molecule has 1 unspecified atom stereocenters. The number of carbonyl (C=O) groups is 2. The lowest BCUT2D eigenvalue weighted by molar-refractivity contribution is -0.137. The van der Waals surface area contributed by atoms with Crippen LogP contribution in [0.25, 0.3) is 0 Å². The maximum absolute atomic E-state index is 11.7. The molecular formula is C14H19NO4S. The van der Waals surface area contributed by atoms with Gasteiger partial charge in [-0.05, 0) is 30.5 Å². The van der Waals surface area contributed by atoms with Crippen LogP contribution < -0.4 is 5.32 Å². The molecule has 0 aromatic heterocycles. The summed E-state index contributed by atoms with van der Waals surface area (Å²) >= 11 is 0. The number of carboxylic acids is 1. The van der Waals surface area contributed by atoms with E-state index in [1.165, 1.54) is 0 Å². The summed E-state index contributed by atoms with van der Waals surface area (Å²) in [6.45, 7) is 0. The quantitative estimate of drug-likeness (QED) is 0.720. The van der Waals surface area contributed by atoms with Crippen molar-refractivity contribution in [3.8, 4) is 0 Å². The van der Waals surface area contributed by atoms with Crippen LogP contribution in [0.2, 0.25) is 0 Å². The molecule has 1 amide bonds. The van der Waals surface area contributed by atoms with E-state index in [0.29, 0.717) is 30.7 Å². The molecule has 20 heavy (non-hydrogen) atoms. The molecule has 0 radical (unpaired) electrons. The Morgan fingerprint density at radius 3 is 2.60 bits per heavy atom. The molecule has 0 aliphatic rings. The highest BCUT2D eigenvalue weighted by atomic mass is 32.2. The van der Waals surface area contributed by atoms with Crippen molar-refractivity contribution in [2.75, 3.05) is 11.6 Å². The van der Waals surface area contributed by atoms with Crippen LogP contribution in [-0.2, 0) is 26.1 Å². The highest BCUT2D eigenvalue weighted by molar-refractivity contribution is 7.83. The third-order valence-corrected chi connectivity index (χ3v) is 3.37. The van der Waals surface area contributed by atoms with Crippen LogP contribution in [0, 0.1) is 0 Å². The molecule has 1 aromatic rings. The van der Waals surface area contributed by atoms with Crippen molar-refractivity contribution in [3.05, 3.63) is 29.8 Å². The molecule has 0 aliphatic heterocycles. The molecule has 0 aliphatic carbocycles. The smallest absolute Gasteiger partial charge is 0.303 e. The lowest BCUT2D eigenvalue weighted by Crippen LogP contribution is -2.11. The van der Waals surface area contributed by atoms with Crippen LogP contribution in [0.5, 0.6) is 0 Å². The van der Waals surface area contributed by atoms with Crippen LogP contribution in [0.3, 0.4) is 0 Å². The van der Waals surface area contributed by atoms with Gasteiger partial charge in [0, 0.05) is 41.3 Å². The summed E-state index contributed by atoms with van der Waals surface area (Å²) in [6.07, 6.45) is 3.07. The molecule has 1 atom stereocenters. The summed E-state index contributed by atoms with van der Waals surface area (Å²) in [6, 6.07) is 7.25. The number of anilines is 1. The molecule has 0 fully saturated rings. The van der Waals surface area contributed by atoms with Crippen molar-refractivity contribution in [3.63, 3.8) is 0 Å². The zero-order valence-corrected chi connectivity index (χ0v) is 12.2. The Morgan fingerprint density at radius 2 is 1.95 bits per heavy atom. The van der Waals surface area contributed by atoms with Crippen molar-refractivity contribution in [1.29, 1.82) is 0 Å². The Kier molecular flexibility index (Phi) is 6.93. The fourth-order valence-electron chi connectivity index (χ4n) is 1.76. The van der Waals surface area contributed by atoms with Crippen molar-refractivity contribution in [2.24, 2.45) is 0 Å². The number of unbranched alkanes of at least 4 members (excludes halogenated alkanes) is 1. The predicted molar refractivity (Wildman–Crippen MR) is 78.9 cm³/mol. The van der Waals surface area contributed by atoms with Gasteiger partial charge in [0.1, 0.15) is 0 Å². The maximum Gasteiger partial charge on any atom is 0.303 e. The number of amides is 1. The Bertz CT molecular complexity index is 502. The summed E-state index contributed by atoms with van der Waals surface area (Å²) in [4.78, 5) is 22.0. The van der Waals surface area contributed by atoms with Gasteiger partial charge in [-0.3, -0.25) is 13.8 Å². The Hall–Kier alpha value is -1.69. The highest BCUT2D eigenvalue weighted by Crippen LogP contribution is 2.13. The SMILES string of the molecule is CS(=O)Cc1cccc(NC(=O)CCCCC(=O)O)c1. The Morgan fingerprint density at radius 1 is 1.25 bits per heavy atom. The number of benzene rings is 1. The largest absolute Gasteiger partial charge is 0.481 e. The molecule has 5 nitrogen and oxygen atoms in total. The molecule has 2 N–H and O–H groups in total. The van der Waals surface area contributed by atoms with E-state index in [4.69, 9.17) is 5.11 Å². The first kappa shape index (κ1) is 16.4. The molecule has 0 bridgehead atoms. The van der Waals surface area contributed by atoms with Gasteiger partial charge in [-0.25, -0.2) is 0 Å². The second-order valence-electron chi connectivity index (χ2n) is 4.57. The van der Waals surface area contributed by atoms with Gasteiger partial charge in [0.05, 0.1) is 0 Å². The number of nitrogens with one attached hydrogen (secondary N) is 1. The van der Waals surface area contributed by atoms with E-state index in [-0.39, 0.29) is 12.3 Å². The van der Waals surface area contributed by atoms with Gasteiger partial charge in [-0.1, -0.05) is 12.1 Å². The molecule has 0 saturated heterocycles. The molecule has 110 valence electrons. The molecule has 1 rings (SSSR count). The van der Waals surface area contributed by atoms with Crippen molar-refractivity contribution >= 4 is 28.4 Å². The normalized spacial score (nSPS) is 11.8. The van der Waals surface area contributed by atoms with Crippen LogP contribution in [0.15, 0.2) is 24.3 Å². The number of hydrogen-bond acceptors (Lipinski definition) is 3. The maximum atomic E-state index is 11.7. The van der Waals surface area contributed by atoms with Gasteiger partial charge in [0.15, 0.2) is 0 Å². The number of aliphatic carboxylic acids is 1. The molecular weight excluding hydrogens is 278 g/mol. The summed E-state index contributed by atoms with van der Waals surface area (Å²) < 4.78 is 11.2. The van der Waals surface area contributed by atoms with E-state index in [0.717, 1.165) is 5.56 Å². The molecule has 0 heterocycles. The molecule has 1 aromatic carbocycles. The minimum absolute atomic E-state index is 0.0884. The minimum atomic E-state index is -0.916. The number of hydrogen-bond donors (Lipinski definition) is 2. The van der Waals surface area contributed by atoms with Gasteiger partial charge < -0.3 is 10.4 Å². The molecule has 6 heteroatoms. The number of rotatable bonds is 8. The first-order chi connectivity index (χ1) is 9.47. The fraction of sp³-hybridized carbons (Fsp3) is 0.429. The van der Waals surface area contributed by atoms with Gasteiger partial charge in [-0.15, -0.1) is 0 Å². The minimum Gasteiger partial charge on any atom is -0.481 e. The third-order valence-electron chi connectivity index (χ3n) is 2.63. The van der Waals surface area contributed by atoms with E-state index < -0.39 is 16.8 Å². The summed E-state index contributed by atoms with van der Waals surface area (Å²) in [7, 11) is -0.916. The second-order valence-corrected chi connectivity index (χ2v) is 6.00. The lowest BCUT2D eigenvalue weighted by atomic mass is 10.2. The van der Waals surface area contributed by atoms with Crippen LogP contribution >= 0.6 is 0 Å². The first-order valence-electron chi connectivity index (χ1n) is 6.38. The highest BCUT2D eigenvalue weighted by Gasteiger charge is 2.05. The molecule has 0 spiro atoms. The summed E-state index contributed by atoms with van der Waals surface area (Å²) in [5, 5.41) is 11.2. The van der Waals surface area contributed by atoms with Gasteiger partial charge in [0.2, 0.25) is 5.91 Å². The average Bonchev–Trinajstić information content (AvgIpc) is 2.34. The second kappa shape index (κ2) is 8.47. The van der Waals surface area contributed by atoms with Crippen LogP contribution in [0.1, 0.15) is 31.2 Å². The lowest BCUT2D eigenvalue weighted by Gasteiger charge is -2.06. The van der Waals surface area contributed by atoms with E-state index in [2.05, 4.69) is 5.32 Å². The van der Waals surface area contributed by atoms with Crippen LogP contribution in [-0.4, -0.2) is 27.4 Å². The standard InChI is InChI=1S/C14H19NO4S/c1-20(19)10-11-5-4-6-12(9-11)15-13(16)7-2-3-8-14(17)18/h4-6,9H,2-3,7-8,10H2,1H3,(H,15,16)(H,17,18). The first-order valence-corrected chi connectivity index (χ1v) is 8.10. The zero-order chi connectivity index (χ0) is 15.0. The van der Waals surface area contributed by atoms with E-state index in [9.17, 15) is 13.8 Å². The summed E-state index contributed by atoms with van der Waals surface area (Å²) in [5.41, 5.74) is 1.59. The van der Waals surface area contributed by atoms with Crippen molar-refractivity contribution in [1.82, 2.24) is 0 Å². The van der Waals surface area contributed by atoms with Gasteiger partial charge in [0.25, 0.3) is 0 Å². The van der Waals surface area contributed by atoms with Crippen LogP contribution in [0.4, 0.5) is 5.69 Å². The zero-order valence-electron chi connectivity index (χ0n) is 11.4. The Labute approximate surface area is 120 Å². The molecule has 0 saturated carbocycles. The van der Waals surface area contributed by atoms with Crippen molar-refractivity contribution in [2.45, 2.75) is 31.4 Å². The van der Waals surface area contributed by atoms with Gasteiger partial charge >= 0.3 is 5.97 Å². The van der Waals surface area contributed by atoms with Gasteiger partial charge in [-0.2, -0.15) is 0 Å². The summed E-state index contributed by atoms with van der Waals surface area (Å²) in [5.74, 6) is -0.515. The monoisotopic (exact) mass is 297 g/mol. The van der Waals surface area contributed by atoms with E-state index >= 15 is 0 Å².